The van der Waals surface area contributed by atoms with Crippen LogP contribution >= 0.6 is 0 Å². The molecule has 2 atom stereocenters. The minimum absolute atomic E-state index is 0.196. The first-order valence-electron chi connectivity index (χ1n) is 7.43. The molecule has 1 saturated heterocycles. The van der Waals surface area contributed by atoms with Gasteiger partial charge in [0, 0.05) is 33.3 Å². The Hall–Kier alpha value is -0.980. The Morgan fingerprint density at radius 2 is 2.20 bits per heavy atom. The minimum atomic E-state index is 0.196. The van der Waals surface area contributed by atoms with Gasteiger partial charge in [-0.2, -0.15) is 4.98 Å². The van der Waals surface area contributed by atoms with E-state index in [9.17, 15) is 0 Å². The lowest BCUT2D eigenvalue weighted by atomic mass is 10.1. The molecular weight excluding hydrogens is 256 g/mol. The van der Waals surface area contributed by atoms with Crippen molar-refractivity contribution in [3.05, 3.63) is 11.7 Å². The van der Waals surface area contributed by atoms with Gasteiger partial charge in [-0.3, -0.25) is 9.80 Å². The van der Waals surface area contributed by atoms with Gasteiger partial charge in [0.1, 0.15) is 6.04 Å². The third-order valence-corrected chi connectivity index (χ3v) is 4.45. The number of likely N-dealkylation sites (N-methyl/N-ethyl adjacent to an activating group) is 1. The molecule has 0 bridgehead atoms. The zero-order valence-corrected chi connectivity index (χ0v) is 12.6. The molecule has 1 aromatic rings. The van der Waals surface area contributed by atoms with E-state index < -0.39 is 0 Å². The van der Waals surface area contributed by atoms with Crippen molar-refractivity contribution >= 4 is 0 Å². The Kier molecular flexibility index (Phi) is 4.05. The normalized spacial score (nSPS) is 26.9. The maximum Gasteiger partial charge on any atom is 0.245 e. The average Bonchev–Trinajstić information content (AvgIpc) is 3.20. The molecule has 20 heavy (non-hydrogen) atoms. The standard InChI is InChI=1S/C14H24N4O2/c1-10-15-14(20-16-10)12-8-18(7-6-17(12)2)9-13(19-3)11-4-5-11/h11-13H,4-9H2,1-3H3/t12-,13-/m0/s1. The molecule has 3 rings (SSSR count). The molecule has 2 fully saturated rings. The number of hydrogen-bond acceptors (Lipinski definition) is 6. The molecule has 0 N–H and O–H groups in total. The van der Waals surface area contributed by atoms with Crippen molar-refractivity contribution in [3.8, 4) is 0 Å². The third-order valence-electron chi connectivity index (χ3n) is 4.45. The van der Waals surface area contributed by atoms with Gasteiger partial charge in [-0.15, -0.1) is 0 Å². The molecule has 6 heteroatoms. The molecule has 0 radical (unpaired) electrons. The van der Waals surface area contributed by atoms with Crippen LogP contribution in [0.15, 0.2) is 4.52 Å². The van der Waals surface area contributed by atoms with Crippen molar-refractivity contribution in [1.82, 2.24) is 19.9 Å². The molecule has 0 amide bonds. The number of aryl methyl sites for hydroxylation is 1. The molecule has 6 nitrogen and oxygen atoms in total. The van der Waals surface area contributed by atoms with Crippen LogP contribution in [0.3, 0.4) is 0 Å². The number of methoxy groups -OCH3 is 1. The van der Waals surface area contributed by atoms with Crippen LogP contribution in [0.2, 0.25) is 0 Å². The SMILES string of the molecule is CO[C@@H](CN1CCN(C)[C@H](c2nc(C)no2)C1)C1CC1. The summed E-state index contributed by atoms with van der Waals surface area (Å²) in [5.74, 6) is 2.21. The van der Waals surface area contributed by atoms with Crippen LogP contribution in [0.25, 0.3) is 0 Å². The van der Waals surface area contributed by atoms with Gasteiger partial charge < -0.3 is 9.26 Å². The number of aromatic nitrogens is 2. The summed E-state index contributed by atoms with van der Waals surface area (Å²) in [7, 11) is 3.95. The maximum absolute atomic E-state index is 5.64. The molecule has 0 spiro atoms. The Bertz CT molecular complexity index is 446. The summed E-state index contributed by atoms with van der Waals surface area (Å²) in [6.07, 6.45) is 3.01. The van der Waals surface area contributed by atoms with Gasteiger partial charge in [0.2, 0.25) is 5.89 Å². The van der Waals surface area contributed by atoms with Crippen molar-refractivity contribution in [1.29, 1.82) is 0 Å². The van der Waals surface area contributed by atoms with Gasteiger partial charge in [-0.05, 0) is 32.7 Å². The highest BCUT2D eigenvalue weighted by atomic mass is 16.5. The molecule has 0 aromatic carbocycles. The highest BCUT2D eigenvalue weighted by molar-refractivity contribution is 4.96. The highest BCUT2D eigenvalue weighted by Gasteiger charge is 2.35. The second kappa shape index (κ2) is 5.79. The fourth-order valence-corrected chi connectivity index (χ4v) is 2.95. The van der Waals surface area contributed by atoms with E-state index in [-0.39, 0.29) is 6.04 Å². The molecular formula is C14H24N4O2. The number of hydrogen-bond donors (Lipinski definition) is 0. The van der Waals surface area contributed by atoms with Crippen LogP contribution in [0.4, 0.5) is 0 Å². The van der Waals surface area contributed by atoms with Gasteiger partial charge in [-0.1, -0.05) is 5.16 Å². The second-order valence-electron chi connectivity index (χ2n) is 6.05. The van der Waals surface area contributed by atoms with Crippen LogP contribution in [0.5, 0.6) is 0 Å². The Morgan fingerprint density at radius 1 is 1.40 bits per heavy atom. The summed E-state index contributed by atoms with van der Waals surface area (Å²) in [5.41, 5.74) is 0. The van der Waals surface area contributed by atoms with Crippen molar-refractivity contribution in [2.24, 2.45) is 5.92 Å². The molecule has 2 aliphatic rings. The fourth-order valence-electron chi connectivity index (χ4n) is 2.95. The van der Waals surface area contributed by atoms with E-state index in [1.54, 1.807) is 0 Å². The van der Waals surface area contributed by atoms with E-state index in [2.05, 4.69) is 27.0 Å². The van der Waals surface area contributed by atoms with Crippen LogP contribution < -0.4 is 0 Å². The number of piperazine rings is 1. The van der Waals surface area contributed by atoms with Crippen molar-refractivity contribution in [2.45, 2.75) is 31.9 Å². The third kappa shape index (κ3) is 3.02. The largest absolute Gasteiger partial charge is 0.380 e. The van der Waals surface area contributed by atoms with Crippen LogP contribution in [0.1, 0.15) is 30.6 Å². The summed E-state index contributed by atoms with van der Waals surface area (Å²) in [5, 5.41) is 3.91. The zero-order valence-electron chi connectivity index (χ0n) is 12.6. The lowest BCUT2D eigenvalue weighted by Crippen LogP contribution is -2.49. The monoisotopic (exact) mass is 280 g/mol. The van der Waals surface area contributed by atoms with Crippen molar-refractivity contribution < 1.29 is 9.26 Å². The minimum Gasteiger partial charge on any atom is -0.380 e. The van der Waals surface area contributed by atoms with Crippen LogP contribution in [-0.4, -0.2) is 66.4 Å². The maximum atomic E-state index is 5.64. The van der Waals surface area contributed by atoms with Crippen molar-refractivity contribution in [2.75, 3.05) is 40.3 Å². The smallest absolute Gasteiger partial charge is 0.245 e. The molecule has 2 heterocycles. The fraction of sp³-hybridized carbons (Fsp3) is 0.857. The van der Waals surface area contributed by atoms with E-state index in [0.717, 1.165) is 38.0 Å². The number of rotatable bonds is 5. The highest BCUT2D eigenvalue weighted by Crippen LogP contribution is 2.35. The summed E-state index contributed by atoms with van der Waals surface area (Å²) in [6.45, 7) is 5.91. The summed E-state index contributed by atoms with van der Waals surface area (Å²) in [4.78, 5) is 9.15. The predicted octanol–water partition coefficient (Wildman–Crippen LogP) is 1.09. The van der Waals surface area contributed by atoms with E-state index in [1.807, 2.05) is 14.0 Å². The first kappa shape index (κ1) is 14.0. The van der Waals surface area contributed by atoms with Gasteiger partial charge >= 0.3 is 0 Å². The van der Waals surface area contributed by atoms with E-state index in [0.29, 0.717) is 11.9 Å². The number of nitrogens with zero attached hydrogens (tertiary/aromatic N) is 4. The molecule has 1 aliphatic carbocycles. The first-order chi connectivity index (χ1) is 9.67. The quantitative estimate of drug-likeness (QED) is 0.805. The molecule has 1 saturated carbocycles. The lowest BCUT2D eigenvalue weighted by Gasteiger charge is -2.38. The first-order valence-corrected chi connectivity index (χ1v) is 7.43. The van der Waals surface area contributed by atoms with Crippen LogP contribution in [-0.2, 0) is 4.74 Å². The Morgan fingerprint density at radius 3 is 2.80 bits per heavy atom. The molecule has 0 unspecified atom stereocenters. The molecule has 112 valence electrons. The Balaban J connectivity index is 1.63. The van der Waals surface area contributed by atoms with Gasteiger partial charge in [0.15, 0.2) is 5.82 Å². The molecule has 1 aromatic heterocycles. The van der Waals surface area contributed by atoms with Gasteiger partial charge in [0.05, 0.1) is 6.10 Å². The van der Waals surface area contributed by atoms with E-state index in [1.165, 1.54) is 12.8 Å². The van der Waals surface area contributed by atoms with Crippen molar-refractivity contribution in [3.63, 3.8) is 0 Å². The van der Waals surface area contributed by atoms with E-state index in [4.69, 9.17) is 9.26 Å². The number of ether oxygens (including phenoxy) is 1. The summed E-state index contributed by atoms with van der Waals surface area (Å²) >= 11 is 0. The second-order valence-corrected chi connectivity index (χ2v) is 6.05. The topological polar surface area (TPSA) is 54.6 Å². The average molecular weight is 280 g/mol. The van der Waals surface area contributed by atoms with Gasteiger partial charge in [0.25, 0.3) is 0 Å². The van der Waals surface area contributed by atoms with Crippen LogP contribution in [0, 0.1) is 12.8 Å². The Labute approximate surface area is 120 Å². The predicted molar refractivity (Wildman–Crippen MR) is 74.4 cm³/mol. The zero-order chi connectivity index (χ0) is 14.1. The lowest BCUT2D eigenvalue weighted by molar-refractivity contribution is 0.0130. The summed E-state index contributed by atoms with van der Waals surface area (Å²) < 4.78 is 11.0. The molecule has 1 aliphatic heterocycles. The van der Waals surface area contributed by atoms with E-state index >= 15 is 0 Å². The van der Waals surface area contributed by atoms with Gasteiger partial charge in [-0.25, -0.2) is 0 Å². The summed E-state index contributed by atoms with van der Waals surface area (Å²) in [6, 6.07) is 0.196.